The van der Waals surface area contributed by atoms with E-state index in [-0.39, 0.29) is 18.3 Å². The van der Waals surface area contributed by atoms with Gasteiger partial charge in [0.15, 0.2) is 0 Å². The van der Waals surface area contributed by atoms with Gasteiger partial charge in [-0.2, -0.15) is 0 Å². The molecule has 0 aliphatic heterocycles. The van der Waals surface area contributed by atoms with Gasteiger partial charge in [-0.15, -0.1) is 0 Å². The zero-order valence-corrected chi connectivity index (χ0v) is 13.2. The topological polar surface area (TPSA) is 46.5 Å². The smallest absolute Gasteiger partial charge is 0.308 e. The Labute approximate surface area is 121 Å². The largest absolute Gasteiger partial charge is 0.460 e. The normalized spacial score (nSPS) is 38.2. The molecule has 1 N–H and O–H groups in total. The van der Waals surface area contributed by atoms with E-state index in [4.69, 9.17) is 4.74 Å². The van der Waals surface area contributed by atoms with E-state index in [1.807, 2.05) is 20.8 Å². The molecule has 1 spiro atoms. The van der Waals surface area contributed by atoms with E-state index in [0.717, 1.165) is 12.8 Å². The molecule has 4 unspecified atom stereocenters. The van der Waals surface area contributed by atoms with Crippen LogP contribution in [0.3, 0.4) is 0 Å². The lowest BCUT2D eigenvalue weighted by Gasteiger charge is -2.24. The number of allylic oxidation sites excluding steroid dienone is 1. The van der Waals surface area contributed by atoms with Crippen LogP contribution in [-0.2, 0) is 9.53 Å². The van der Waals surface area contributed by atoms with Gasteiger partial charge in [0, 0.05) is 5.92 Å². The molecule has 3 heteroatoms. The molecule has 2 fully saturated rings. The van der Waals surface area contributed by atoms with E-state index in [1.165, 1.54) is 5.57 Å². The highest BCUT2D eigenvalue weighted by atomic mass is 16.6. The molecule has 0 aromatic rings. The van der Waals surface area contributed by atoms with Gasteiger partial charge in [0.1, 0.15) is 5.60 Å². The first-order chi connectivity index (χ1) is 9.07. The lowest BCUT2D eigenvalue weighted by molar-refractivity contribution is -0.157. The number of carbonyl (C=O) groups is 1. The number of carbonyl (C=O) groups excluding carboxylic acids is 1. The van der Waals surface area contributed by atoms with Gasteiger partial charge in [0.2, 0.25) is 0 Å². The first-order valence-corrected chi connectivity index (χ1v) is 7.67. The highest BCUT2D eigenvalue weighted by Gasteiger charge is 2.75. The Kier molecular flexibility index (Phi) is 2.74. The van der Waals surface area contributed by atoms with Gasteiger partial charge in [0.25, 0.3) is 0 Å². The summed E-state index contributed by atoms with van der Waals surface area (Å²) in [6, 6.07) is 0. The van der Waals surface area contributed by atoms with Crippen LogP contribution in [0.25, 0.3) is 0 Å². The average molecular weight is 278 g/mol. The van der Waals surface area contributed by atoms with E-state index in [2.05, 4.69) is 19.9 Å². The van der Waals surface area contributed by atoms with Crippen LogP contribution in [0.4, 0.5) is 0 Å². The Bertz CT molecular complexity index is 483. The van der Waals surface area contributed by atoms with Crippen LogP contribution < -0.4 is 0 Å². The van der Waals surface area contributed by atoms with Gasteiger partial charge in [-0.25, -0.2) is 0 Å². The van der Waals surface area contributed by atoms with Crippen molar-refractivity contribution >= 4 is 5.97 Å². The zero-order valence-electron chi connectivity index (χ0n) is 13.2. The Morgan fingerprint density at radius 1 is 1.50 bits per heavy atom. The van der Waals surface area contributed by atoms with Crippen molar-refractivity contribution in [3.8, 4) is 0 Å². The molecule has 112 valence electrons. The van der Waals surface area contributed by atoms with Crippen LogP contribution >= 0.6 is 0 Å². The first kappa shape index (κ1) is 14.1. The summed E-state index contributed by atoms with van der Waals surface area (Å²) in [5.74, 6) is 0.577. The van der Waals surface area contributed by atoms with Crippen molar-refractivity contribution in [3.63, 3.8) is 0 Å². The lowest BCUT2D eigenvalue weighted by atomic mass is 9.89. The number of aliphatic hydroxyl groups excluding tert-OH is 1. The maximum Gasteiger partial charge on any atom is 0.308 e. The van der Waals surface area contributed by atoms with E-state index in [1.54, 1.807) is 0 Å². The van der Waals surface area contributed by atoms with Crippen LogP contribution in [0.5, 0.6) is 0 Å². The molecule has 0 aromatic heterocycles. The number of hydrogen-bond donors (Lipinski definition) is 1. The van der Waals surface area contributed by atoms with Gasteiger partial charge in [-0.3, -0.25) is 4.79 Å². The Balaban J connectivity index is 1.61. The molecule has 3 aliphatic carbocycles. The highest BCUT2D eigenvalue weighted by Crippen LogP contribution is 2.82. The van der Waals surface area contributed by atoms with Crippen LogP contribution in [0.1, 0.15) is 53.9 Å². The Morgan fingerprint density at radius 2 is 2.15 bits per heavy atom. The molecule has 2 saturated carbocycles. The fraction of sp³-hybridized carbons (Fsp3) is 0.824. The van der Waals surface area contributed by atoms with Crippen LogP contribution in [0.2, 0.25) is 0 Å². The standard InChI is InChI=1S/C17H26O3/c1-15(2,3)20-14(19)7-12(18)11-9-17-8-10(11)6-13(17)16(17,4)5/h6,11-13,18H,7-9H2,1-5H3. The van der Waals surface area contributed by atoms with E-state index >= 15 is 0 Å². The number of fused-ring (bicyclic) bond motifs is 1. The summed E-state index contributed by atoms with van der Waals surface area (Å²) < 4.78 is 5.31. The third-order valence-corrected chi connectivity index (χ3v) is 5.79. The lowest BCUT2D eigenvalue weighted by Crippen LogP contribution is -2.30. The SMILES string of the molecule is CC(C)(C)OC(=O)CC(O)C1CC23CC1=CC2C3(C)C. The van der Waals surface area contributed by atoms with Gasteiger partial charge in [-0.1, -0.05) is 25.5 Å². The first-order valence-electron chi connectivity index (χ1n) is 7.67. The molecule has 2 bridgehead atoms. The molecule has 0 radical (unpaired) electrons. The second kappa shape index (κ2) is 3.88. The van der Waals surface area contributed by atoms with Gasteiger partial charge in [-0.05, 0) is 50.4 Å². The summed E-state index contributed by atoms with van der Waals surface area (Å²) in [6.07, 6.45) is 4.06. The van der Waals surface area contributed by atoms with Crippen molar-refractivity contribution in [2.75, 3.05) is 0 Å². The number of ether oxygens (including phenoxy) is 1. The van der Waals surface area contributed by atoms with Crippen molar-refractivity contribution in [2.24, 2.45) is 22.7 Å². The second-order valence-corrected chi connectivity index (χ2v) is 8.44. The molecule has 0 aromatic carbocycles. The van der Waals surface area contributed by atoms with E-state index < -0.39 is 11.7 Å². The van der Waals surface area contributed by atoms with Crippen molar-refractivity contribution in [2.45, 2.75) is 65.6 Å². The minimum Gasteiger partial charge on any atom is -0.460 e. The third kappa shape index (κ3) is 1.86. The van der Waals surface area contributed by atoms with E-state index in [9.17, 15) is 9.90 Å². The van der Waals surface area contributed by atoms with Gasteiger partial charge >= 0.3 is 5.97 Å². The summed E-state index contributed by atoms with van der Waals surface area (Å²) in [4.78, 5) is 11.8. The highest BCUT2D eigenvalue weighted by molar-refractivity contribution is 5.70. The molecule has 20 heavy (non-hydrogen) atoms. The molecule has 4 atom stereocenters. The quantitative estimate of drug-likeness (QED) is 0.637. The van der Waals surface area contributed by atoms with Crippen LogP contribution in [0.15, 0.2) is 11.6 Å². The molecule has 3 nitrogen and oxygen atoms in total. The predicted octanol–water partition coefficient (Wildman–Crippen LogP) is 3.07. The minimum atomic E-state index is -0.590. The van der Waals surface area contributed by atoms with Crippen molar-refractivity contribution in [3.05, 3.63) is 11.6 Å². The van der Waals surface area contributed by atoms with Gasteiger partial charge in [0.05, 0.1) is 12.5 Å². The van der Waals surface area contributed by atoms with Crippen LogP contribution in [0, 0.1) is 22.7 Å². The van der Waals surface area contributed by atoms with E-state index in [0.29, 0.717) is 16.7 Å². The summed E-state index contributed by atoms with van der Waals surface area (Å²) in [5.41, 5.74) is 1.68. The summed E-state index contributed by atoms with van der Waals surface area (Å²) in [7, 11) is 0. The third-order valence-electron chi connectivity index (χ3n) is 5.79. The summed E-state index contributed by atoms with van der Waals surface area (Å²) in [6.45, 7) is 10.2. The summed E-state index contributed by atoms with van der Waals surface area (Å²) >= 11 is 0. The summed E-state index contributed by atoms with van der Waals surface area (Å²) in [5, 5.41) is 10.4. The average Bonchev–Trinajstić information content (AvgIpc) is 2.69. The van der Waals surface area contributed by atoms with Crippen molar-refractivity contribution < 1.29 is 14.6 Å². The maximum atomic E-state index is 11.8. The molecule has 0 saturated heterocycles. The molecule has 3 rings (SSSR count). The molecule has 0 amide bonds. The number of esters is 1. The molecular weight excluding hydrogens is 252 g/mol. The monoisotopic (exact) mass is 278 g/mol. The van der Waals surface area contributed by atoms with Gasteiger partial charge < -0.3 is 9.84 Å². The Hall–Kier alpha value is -0.830. The molecular formula is C17H26O3. The fourth-order valence-corrected chi connectivity index (χ4v) is 4.65. The minimum absolute atomic E-state index is 0.112. The number of rotatable bonds is 3. The Morgan fingerprint density at radius 3 is 2.65 bits per heavy atom. The van der Waals surface area contributed by atoms with Crippen molar-refractivity contribution in [1.82, 2.24) is 0 Å². The van der Waals surface area contributed by atoms with Crippen molar-refractivity contribution in [1.29, 1.82) is 0 Å². The molecule has 3 aliphatic rings. The predicted molar refractivity (Wildman–Crippen MR) is 77.0 cm³/mol. The zero-order chi connectivity index (χ0) is 14.9. The fourth-order valence-electron chi connectivity index (χ4n) is 4.65. The second-order valence-electron chi connectivity index (χ2n) is 8.44. The molecule has 0 heterocycles. The number of aliphatic hydroxyl groups is 1. The maximum absolute atomic E-state index is 11.8. The van der Waals surface area contributed by atoms with Crippen LogP contribution in [-0.4, -0.2) is 22.8 Å². The number of hydrogen-bond acceptors (Lipinski definition) is 3.